The molecule has 2 aromatic rings. The second kappa shape index (κ2) is 6.66. The van der Waals surface area contributed by atoms with Crippen LogP contribution in [-0.4, -0.2) is 18.7 Å². The van der Waals surface area contributed by atoms with Gasteiger partial charge >= 0.3 is 6.03 Å². The van der Waals surface area contributed by atoms with Gasteiger partial charge in [-0.05, 0) is 25.0 Å². The first-order valence-electron chi connectivity index (χ1n) is 7.48. The van der Waals surface area contributed by atoms with Gasteiger partial charge in [-0.2, -0.15) is 0 Å². The van der Waals surface area contributed by atoms with Crippen LogP contribution in [0.3, 0.4) is 0 Å². The van der Waals surface area contributed by atoms with Crippen LogP contribution < -0.4 is 10.6 Å². The van der Waals surface area contributed by atoms with Crippen molar-refractivity contribution in [3.05, 3.63) is 59.5 Å². The Kier molecular flexibility index (Phi) is 4.44. The number of hydrogen-bond donors (Lipinski definition) is 2. The minimum absolute atomic E-state index is 0.00662. The second-order valence-electron chi connectivity index (χ2n) is 5.43. The van der Waals surface area contributed by atoms with Gasteiger partial charge in [0.15, 0.2) is 0 Å². The number of hydrogen-bond acceptors (Lipinski definition) is 3. The van der Waals surface area contributed by atoms with Gasteiger partial charge in [-0.25, -0.2) is 4.79 Å². The zero-order valence-corrected chi connectivity index (χ0v) is 12.5. The van der Waals surface area contributed by atoms with Gasteiger partial charge in [0.1, 0.15) is 11.9 Å². The summed E-state index contributed by atoms with van der Waals surface area (Å²) in [4.78, 5) is 12.1. The van der Waals surface area contributed by atoms with Crippen molar-refractivity contribution in [3.63, 3.8) is 0 Å². The number of carbonyl (C=O) groups is 1. The highest BCUT2D eigenvalue weighted by atomic mass is 16.5. The van der Waals surface area contributed by atoms with Gasteiger partial charge in [-0.1, -0.05) is 30.3 Å². The summed E-state index contributed by atoms with van der Waals surface area (Å²) in [7, 11) is 0. The average molecular weight is 300 g/mol. The summed E-state index contributed by atoms with van der Waals surface area (Å²) in [5, 5.41) is 5.86. The molecule has 0 spiro atoms. The summed E-state index contributed by atoms with van der Waals surface area (Å²) in [5.41, 5.74) is 2.08. The van der Waals surface area contributed by atoms with Crippen molar-refractivity contribution in [2.75, 3.05) is 6.61 Å². The van der Waals surface area contributed by atoms with Crippen molar-refractivity contribution in [1.82, 2.24) is 10.6 Å². The maximum absolute atomic E-state index is 12.1. The lowest BCUT2D eigenvalue weighted by atomic mass is 10.0. The maximum Gasteiger partial charge on any atom is 0.315 e. The molecule has 1 saturated heterocycles. The van der Waals surface area contributed by atoms with Gasteiger partial charge in [0.2, 0.25) is 0 Å². The average Bonchev–Trinajstić information content (AvgIpc) is 3.15. The van der Waals surface area contributed by atoms with E-state index in [-0.39, 0.29) is 18.2 Å². The third-order valence-corrected chi connectivity index (χ3v) is 3.94. The minimum atomic E-state index is -0.183. The van der Waals surface area contributed by atoms with Crippen LogP contribution in [0.25, 0.3) is 0 Å². The van der Waals surface area contributed by atoms with Gasteiger partial charge in [-0.15, -0.1) is 0 Å². The molecule has 3 rings (SSSR count). The zero-order chi connectivity index (χ0) is 15.4. The van der Waals surface area contributed by atoms with E-state index in [1.165, 1.54) is 0 Å². The molecule has 1 aliphatic rings. The molecule has 1 aromatic heterocycles. The molecule has 0 radical (unpaired) electrons. The minimum Gasteiger partial charge on any atom is -0.469 e. The Labute approximate surface area is 129 Å². The number of aryl methyl sites for hydroxylation is 1. The molecule has 1 fully saturated rings. The van der Waals surface area contributed by atoms with Gasteiger partial charge < -0.3 is 19.8 Å². The monoisotopic (exact) mass is 300 g/mol. The zero-order valence-electron chi connectivity index (χ0n) is 12.5. The lowest BCUT2D eigenvalue weighted by Crippen LogP contribution is -2.43. The number of furan rings is 1. The number of rotatable bonds is 4. The van der Waals surface area contributed by atoms with E-state index in [4.69, 9.17) is 9.15 Å². The second-order valence-corrected chi connectivity index (χ2v) is 5.43. The molecule has 0 unspecified atom stereocenters. The fourth-order valence-electron chi connectivity index (χ4n) is 2.70. The standard InChI is InChI=1S/C17H20N2O3/c1-12-14(7-9-21-12)11-18-17(20)19-15-8-10-22-16(15)13-5-3-2-4-6-13/h2-7,9,15-16H,8,10-11H2,1H3,(H2,18,19,20)/t15-,16+/m1/s1. The summed E-state index contributed by atoms with van der Waals surface area (Å²) in [6.07, 6.45) is 2.36. The Hall–Kier alpha value is -2.27. The van der Waals surface area contributed by atoms with Crippen molar-refractivity contribution in [1.29, 1.82) is 0 Å². The molecule has 2 amide bonds. The molecular weight excluding hydrogens is 280 g/mol. The van der Waals surface area contributed by atoms with E-state index in [0.717, 1.165) is 23.3 Å². The first-order chi connectivity index (χ1) is 10.7. The summed E-state index contributed by atoms with van der Waals surface area (Å²) in [5.74, 6) is 0.826. The highest BCUT2D eigenvalue weighted by Gasteiger charge is 2.30. The van der Waals surface area contributed by atoms with Crippen LogP contribution in [-0.2, 0) is 11.3 Å². The smallest absolute Gasteiger partial charge is 0.315 e. The normalized spacial score (nSPS) is 20.8. The summed E-state index contributed by atoms with van der Waals surface area (Å²) < 4.78 is 11.0. The number of nitrogens with one attached hydrogen (secondary N) is 2. The Morgan fingerprint density at radius 1 is 1.27 bits per heavy atom. The molecule has 2 heterocycles. The van der Waals surface area contributed by atoms with Crippen molar-refractivity contribution in [2.24, 2.45) is 0 Å². The van der Waals surface area contributed by atoms with Gasteiger partial charge in [0.05, 0.1) is 12.3 Å². The third-order valence-electron chi connectivity index (χ3n) is 3.94. The lowest BCUT2D eigenvalue weighted by Gasteiger charge is -2.20. The SMILES string of the molecule is Cc1occc1CNC(=O)N[C@@H]1CCO[C@H]1c1ccccc1. The van der Waals surface area contributed by atoms with Crippen LogP contribution in [0.5, 0.6) is 0 Å². The number of carbonyl (C=O) groups excluding carboxylic acids is 1. The molecule has 22 heavy (non-hydrogen) atoms. The third kappa shape index (κ3) is 3.31. The predicted octanol–water partition coefficient (Wildman–Crippen LogP) is 2.92. The maximum atomic E-state index is 12.1. The topological polar surface area (TPSA) is 63.5 Å². The highest BCUT2D eigenvalue weighted by Crippen LogP contribution is 2.28. The van der Waals surface area contributed by atoms with E-state index in [0.29, 0.717) is 13.2 Å². The molecule has 0 saturated carbocycles. The van der Waals surface area contributed by atoms with E-state index in [1.54, 1.807) is 6.26 Å². The summed E-state index contributed by atoms with van der Waals surface area (Å²) >= 11 is 0. The van der Waals surface area contributed by atoms with E-state index in [2.05, 4.69) is 10.6 Å². The Balaban J connectivity index is 1.55. The summed E-state index contributed by atoms with van der Waals surface area (Å²) in [6, 6.07) is 11.7. The van der Waals surface area contributed by atoms with Crippen LogP contribution >= 0.6 is 0 Å². The Morgan fingerprint density at radius 2 is 2.09 bits per heavy atom. The molecular formula is C17H20N2O3. The van der Waals surface area contributed by atoms with Crippen LogP contribution in [0, 0.1) is 6.92 Å². The first kappa shape index (κ1) is 14.7. The van der Waals surface area contributed by atoms with E-state index in [9.17, 15) is 4.79 Å². The van der Waals surface area contributed by atoms with E-state index < -0.39 is 0 Å². The van der Waals surface area contributed by atoms with Gasteiger partial charge in [0, 0.05) is 18.7 Å². The van der Waals surface area contributed by atoms with Crippen LogP contribution in [0.2, 0.25) is 0 Å². The first-order valence-corrected chi connectivity index (χ1v) is 7.48. The molecule has 1 aromatic carbocycles. The summed E-state index contributed by atoms with van der Waals surface area (Å²) in [6.45, 7) is 2.99. The van der Waals surface area contributed by atoms with Gasteiger partial charge in [0.25, 0.3) is 0 Å². The Morgan fingerprint density at radius 3 is 2.82 bits per heavy atom. The Bertz CT molecular complexity index is 624. The fourth-order valence-corrected chi connectivity index (χ4v) is 2.70. The lowest BCUT2D eigenvalue weighted by molar-refractivity contribution is 0.0999. The van der Waals surface area contributed by atoms with Crippen molar-refractivity contribution < 1.29 is 13.9 Å². The number of urea groups is 1. The molecule has 5 nitrogen and oxygen atoms in total. The molecule has 2 atom stereocenters. The molecule has 5 heteroatoms. The molecule has 0 bridgehead atoms. The van der Waals surface area contributed by atoms with Crippen molar-refractivity contribution in [2.45, 2.75) is 32.0 Å². The molecule has 116 valence electrons. The van der Waals surface area contributed by atoms with Crippen LogP contribution in [0.4, 0.5) is 4.79 Å². The molecule has 0 aliphatic carbocycles. The number of benzene rings is 1. The molecule has 2 N–H and O–H groups in total. The highest BCUT2D eigenvalue weighted by molar-refractivity contribution is 5.74. The largest absolute Gasteiger partial charge is 0.469 e. The van der Waals surface area contributed by atoms with E-state index >= 15 is 0 Å². The van der Waals surface area contributed by atoms with E-state index in [1.807, 2.05) is 43.3 Å². The van der Waals surface area contributed by atoms with Crippen molar-refractivity contribution >= 4 is 6.03 Å². The predicted molar refractivity (Wildman–Crippen MR) is 82.4 cm³/mol. The fraction of sp³-hybridized carbons (Fsp3) is 0.353. The number of amides is 2. The van der Waals surface area contributed by atoms with Crippen molar-refractivity contribution in [3.8, 4) is 0 Å². The molecule has 1 aliphatic heterocycles. The van der Waals surface area contributed by atoms with Crippen LogP contribution in [0.1, 0.15) is 29.4 Å². The quantitative estimate of drug-likeness (QED) is 0.912. The van der Waals surface area contributed by atoms with Gasteiger partial charge in [-0.3, -0.25) is 0 Å². The number of ether oxygens (including phenoxy) is 1. The van der Waals surface area contributed by atoms with Crippen LogP contribution in [0.15, 0.2) is 47.1 Å².